The Kier molecular flexibility index (Phi) is 2.92. The minimum absolute atomic E-state index is 0.672. The number of anilines is 1. The first-order valence-electron chi connectivity index (χ1n) is 6.61. The van der Waals surface area contributed by atoms with E-state index in [1.165, 1.54) is 23.8 Å². The summed E-state index contributed by atoms with van der Waals surface area (Å²) in [6, 6.07) is 11.2. The number of hydrogen-bond donors (Lipinski definition) is 1. The predicted molar refractivity (Wildman–Crippen MR) is 75.9 cm³/mol. The summed E-state index contributed by atoms with van der Waals surface area (Å²) in [4.78, 5) is 7.14. The van der Waals surface area contributed by atoms with Gasteiger partial charge in [0, 0.05) is 18.5 Å². The van der Waals surface area contributed by atoms with Gasteiger partial charge in [0.1, 0.15) is 5.82 Å². The van der Waals surface area contributed by atoms with Crippen molar-refractivity contribution in [2.75, 3.05) is 18.5 Å². The lowest BCUT2D eigenvalue weighted by Gasteiger charge is -2.21. The quantitative estimate of drug-likeness (QED) is 0.893. The van der Waals surface area contributed by atoms with Crippen LogP contribution < -0.4 is 10.6 Å². The van der Waals surface area contributed by atoms with Crippen LogP contribution in [-0.4, -0.2) is 24.6 Å². The molecule has 1 aromatic carbocycles. The number of aromatic nitrogens is 1. The number of hydrogen-bond acceptors (Lipinski definition) is 3. The molecule has 94 valence electrons. The molecule has 0 radical (unpaired) electrons. The SMILES string of the molecule is CN(c1nc2ccccc2cc1CCN)C1CC1. The van der Waals surface area contributed by atoms with Crippen molar-refractivity contribution in [3.8, 4) is 0 Å². The van der Waals surface area contributed by atoms with E-state index in [1.807, 2.05) is 6.07 Å². The maximum absolute atomic E-state index is 5.72. The number of fused-ring (bicyclic) bond motifs is 1. The van der Waals surface area contributed by atoms with Gasteiger partial charge in [0.25, 0.3) is 0 Å². The van der Waals surface area contributed by atoms with E-state index in [2.05, 4.69) is 36.2 Å². The van der Waals surface area contributed by atoms with Crippen LogP contribution in [0.5, 0.6) is 0 Å². The molecule has 0 bridgehead atoms. The maximum Gasteiger partial charge on any atom is 0.132 e. The van der Waals surface area contributed by atoms with Gasteiger partial charge in [-0.25, -0.2) is 4.98 Å². The normalized spacial score (nSPS) is 15.0. The van der Waals surface area contributed by atoms with Gasteiger partial charge in [-0.15, -0.1) is 0 Å². The van der Waals surface area contributed by atoms with E-state index in [-0.39, 0.29) is 0 Å². The summed E-state index contributed by atoms with van der Waals surface area (Å²) in [5.41, 5.74) is 8.06. The van der Waals surface area contributed by atoms with Crippen LogP contribution in [-0.2, 0) is 6.42 Å². The number of para-hydroxylation sites is 1. The molecule has 3 nitrogen and oxygen atoms in total. The third-order valence-electron chi connectivity index (χ3n) is 3.62. The second-order valence-corrected chi connectivity index (χ2v) is 5.04. The van der Waals surface area contributed by atoms with Gasteiger partial charge in [-0.2, -0.15) is 0 Å². The molecule has 0 spiro atoms. The molecular formula is C15H19N3. The van der Waals surface area contributed by atoms with Crippen molar-refractivity contribution in [1.29, 1.82) is 0 Å². The lowest BCUT2D eigenvalue weighted by atomic mass is 10.1. The molecule has 1 fully saturated rings. The maximum atomic E-state index is 5.72. The van der Waals surface area contributed by atoms with Gasteiger partial charge < -0.3 is 10.6 Å². The van der Waals surface area contributed by atoms with Crippen molar-refractivity contribution in [2.24, 2.45) is 5.73 Å². The van der Waals surface area contributed by atoms with Gasteiger partial charge >= 0.3 is 0 Å². The molecule has 2 aromatic rings. The van der Waals surface area contributed by atoms with E-state index < -0.39 is 0 Å². The topological polar surface area (TPSA) is 42.2 Å². The van der Waals surface area contributed by atoms with Crippen LogP contribution in [0.1, 0.15) is 18.4 Å². The van der Waals surface area contributed by atoms with Crippen molar-refractivity contribution in [1.82, 2.24) is 4.98 Å². The van der Waals surface area contributed by atoms with Crippen LogP contribution in [0.3, 0.4) is 0 Å². The number of benzene rings is 1. The fourth-order valence-electron chi connectivity index (χ4n) is 2.43. The summed E-state index contributed by atoms with van der Waals surface area (Å²) in [5, 5.41) is 1.20. The Bertz CT molecular complexity index is 561. The molecule has 0 amide bonds. The summed E-state index contributed by atoms with van der Waals surface area (Å²) in [6.45, 7) is 0.672. The highest BCUT2D eigenvalue weighted by Gasteiger charge is 2.28. The van der Waals surface area contributed by atoms with Crippen LogP contribution >= 0.6 is 0 Å². The first kappa shape index (κ1) is 11.5. The highest BCUT2D eigenvalue weighted by Crippen LogP contribution is 2.32. The average Bonchev–Trinajstić information content (AvgIpc) is 3.22. The van der Waals surface area contributed by atoms with Gasteiger partial charge in [0.15, 0.2) is 0 Å². The molecule has 0 aliphatic heterocycles. The van der Waals surface area contributed by atoms with E-state index in [1.54, 1.807) is 0 Å². The second kappa shape index (κ2) is 4.58. The molecule has 1 heterocycles. The Labute approximate surface area is 108 Å². The van der Waals surface area contributed by atoms with Crippen LogP contribution in [0.2, 0.25) is 0 Å². The smallest absolute Gasteiger partial charge is 0.132 e. The summed E-state index contributed by atoms with van der Waals surface area (Å²) >= 11 is 0. The van der Waals surface area contributed by atoms with E-state index in [4.69, 9.17) is 10.7 Å². The summed E-state index contributed by atoms with van der Waals surface area (Å²) in [6.07, 6.45) is 3.46. The lowest BCUT2D eigenvalue weighted by molar-refractivity contribution is 0.868. The third kappa shape index (κ3) is 2.06. The van der Waals surface area contributed by atoms with Crippen LogP contribution in [0, 0.1) is 0 Å². The van der Waals surface area contributed by atoms with Crippen LogP contribution in [0.15, 0.2) is 30.3 Å². The molecule has 1 saturated carbocycles. The zero-order chi connectivity index (χ0) is 12.5. The highest BCUT2D eigenvalue weighted by atomic mass is 15.2. The van der Waals surface area contributed by atoms with Gasteiger partial charge in [-0.3, -0.25) is 0 Å². The molecule has 2 N–H and O–H groups in total. The Morgan fingerprint density at radius 1 is 1.33 bits per heavy atom. The Hall–Kier alpha value is -1.61. The molecule has 0 saturated heterocycles. The second-order valence-electron chi connectivity index (χ2n) is 5.04. The van der Waals surface area contributed by atoms with Crippen LogP contribution in [0.4, 0.5) is 5.82 Å². The third-order valence-corrected chi connectivity index (χ3v) is 3.62. The zero-order valence-corrected chi connectivity index (χ0v) is 10.8. The van der Waals surface area contributed by atoms with E-state index in [0.29, 0.717) is 12.6 Å². The summed E-state index contributed by atoms with van der Waals surface area (Å²) < 4.78 is 0. The number of nitrogens with two attached hydrogens (primary N) is 1. The molecule has 1 aromatic heterocycles. The van der Waals surface area contributed by atoms with Crippen molar-refractivity contribution in [2.45, 2.75) is 25.3 Å². The highest BCUT2D eigenvalue weighted by molar-refractivity contribution is 5.82. The number of rotatable bonds is 4. The van der Waals surface area contributed by atoms with Gasteiger partial charge in [0.2, 0.25) is 0 Å². The van der Waals surface area contributed by atoms with E-state index >= 15 is 0 Å². The molecular weight excluding hydrogens is 222 g/mol. The minimum atomic E-state index is 0.672. The minimum Gasteiger partial charge on any atom is -0.356 e. The van der Waals surface area contributed by atoms with Crippen molar-refractivity contribution in [3.05, 3.63) is 35.9 Å². The fraction of sp³-hybridized carbons (Fsp3) is 0.400. The standard InChI is InChI=1S/C15H19N3/c1-18(13-6-7-13)15-12(8-9-16)10-11-4-2-3-5-14(11)17-15/h2-5,10,13H,6-9,16H2,1H3. The van der Waals surface area contributed by atoms with Gasteiger partial charge in [-0.1, -0.05) is 18.2 Å². The number of nitrogens with zero attached hydrogens (tertiary/aromatic N) is 2. The Morgan fingerprint density at radius 3 is 2.83 bits per heavy atom. The molecule has 18 heavy (non-hydrogen) atoms. The largest absolute Gasteiger partial charge is 0.356 e. The molecule has 3 heteroatoms. The van der Waals surface area contributed by atoms with E-state index in [0.717, 1.165) is 17.8 Å². The van der Waals surface area contributed by atoms with Crippen molar-refractivity contribution < 1.29 is 0 Å². The first-order chi connectivity index (χ1) is 8.79. The van der Waals surface area contributed by atoms with E-state index in [9.17, 15) is 0 Å². The monoisotopic (exact) mass is 241 g/mol. The lowest BCUT2D eigenvalue weighted by Crippen LogP contribution is -2.23. The molecule has 0 atom stereocenters. The Morgan fingerprint density at radius 2 is 2.11 bits per heavy atom. The molecule has 1 aliphatic carbocycles. The summed E-state index contributed by atoms with van der Waals surface area (Å²) in [5.74, 6) is 1.11. The summed E-state index contributed by atoms with van der Waals surface area (Å²) in [7, 11) is 2.15. The van der Waals surface area contributed by atoms with Crippen molar-refractivity contribution in [3.63, 3.8) is 0 Å². The first-order valence-corrected chi connectivity index (χ1v) is 6.61. The number of pyridine rings is 1. The predicted octanol–water partition coefficient (Wildman–Crippen LogP) is 2.33. The van der Waals surface area contributed by atoms with Gasteiger partial charge in [0.05, 0.1) is 5.52 Å². The van der Waals surface area contributed by atoms with Crippen molar-refractivity contribution >= 4 is 16.7 Å². The Balaban J connectivity index is 2.10. The molecule has 3 rings (SSSR count). The van der Waals surface area contributed by atoms with Gasteiger partial charge in [-0.05, 0) is 43.5 Å². The zero-order valence-electron chi connectivity index (χ0n) is 10.8. The van der Waals surface area contributed by atoms with Crippen LogP contribution in [0.25, 0.3) is 10.9 Å². The average molecular weight is 241 g/mol. The molecule has 0 unspecified atom stereocenters. The molecule has 1 aliphatic rings. The fourth-order valence-corrected chi connectivity index (χ4v) is 2.43.